The van der Waals surface area contributed by atoms with Crippen molar-refractivity contribution in [1.82, 2.24) is 14.4 Å². The molecule has 0 amide bonds. The number of rotatable bonds is 4. The third kappa shape index (κ3) is 3.28. The van der Waals surface area contributed by atoms with E-state index in [1.807, 2.05) is 24.5 Å². The van der Waals surface area contributed by atoms with Crippen LogP contribution >= 0.6 is 0 Å². The van der Waals surface area contributed by atoms with Crippen LogP contribution in [-0.4, -0.2) is 31.4 Å². The van der Waals surface area contributed by atoms with E-state index >= 15 is 0 Å². The van der Waals surface area contributed by atoms with Crippen molar-refractivity contribution in [3.8, 4) is 0 Å². The first-order chi connectivity index (χ1) is 7.74. The van der Waals surface area contributed by atoms with Gasteiger partial charge in [0.25, 0.3) is 0 Å². The molecule has 0 aromatic carbocycles. The summed E-state index contributed by atoms with van der Waals surface area (Å²) in [6, 6.07) is 3.98. The maximum Gasteiger partial charge on any atom is 0.246 e. The number of hydrazine groups is 1. The van der Waals surface area contributed by atoms with Crippen LogP contribution in [-0.2, 0) is 17.8 Å². The van der Waals surface area contributed by atoms with Crippen molar-refractivity contribution < 1.29 is 8.76 Å². The van der Waals surface area contributed by atoms with Crippen LogP contribution in [0.25, 0.3) is 0 Å². The fourth-order valence-electron chi connectivity index (χ4n) is 1.83. The minimum atomic E-state index is -1.97. The van der Waals surface area contributed by atoms with Crippen LogP contribution in [0.15, 0.2) is 36.2 Å². The second-order valence-corrected chi connectivity index (χ2v) is 4.45. The molecule has 16 heavy (non-hydrogen) atoms. The molecular weight excluding hydrogens is 226 g/mol. The van der Waals surface area contributed by atoms with Gasteiger partial charge < -0.3 is 4.57 Å². The molecule has 2 rings (SSSR count). The molecule has 0 saturated heterocycles. The van der Waals surface area contributed by atoms with Gasteiger partial charge in [0.15, 0.2) is 0 Å². The zero-order valence-corrected chi connectivity index (χ0v) is 9.69. The summed E-state index contributed by atoms with van der Waals surface area (Å²) in [7, 11) is 0. The van der Waals surface area contributed by atoms with Crippen LogP contribution in [0, 0.1) is 0 Å². The van der Waals surface area contributed by atoms with Gasteiger partial charge in [0.2, 0.25) is 11.3 Å². The number of nitrogens with one attached hydrogen (secondary N) is 1. The van der Waals surface area contributed by atoms with E-state index < -0.39 is 11.3 Å². The Balaban J connectivity index is 1.91. The summed E-state index contributed by atoms with van der Waals surface area (Å²) in [4.78, 5) is 2.50. The monoisotopic (exact) mass is 241 g/mol. The van der Waals surface area contributed by atoms with Gasteiger partial charge in [0.1, 0.15) is 0 Å². The lowest BCUT2D eigenvalue weighted by Crippen LogP contribution is -2.42. The number of hydrogen-bond donors (Lipinski definition) is 2. The Morgan fingerprint density at radius 2 is 2.19 bits per heavy atom. The van der Waals surface area contributed by atoms with Gasteiger partial charge in [-0.25, -0.2) is 9.22 Å². The van der Waals surface area contributed by atoms with E-state index in [0.29, 0.717) is 6.54 Å². The van der Waals surface area contributed by atoms with Gasteiger partial charge in [-0.1, -0.05) is 6.08 Å². The minimum Gasteiger partial charge on any atom is -0.350 e. The third-order valence-corrected chi connectivity index (χ3v) is 2.90. The lowest BCUT2D eigenvalue weighted by atomic mass is 10.1. The molecular formula is C10H15N3O2S. The molecule has 1 aliphatic rings. The molecule has 1 atom stereocenters. The molecule has 6 heteroatoms. The van der Waals surface area contributed by atoms with E-state index in [1.165, 1.54) is 5.57 Å². The molecule has 1 aliphatic heterocycles. The predicted molar refractivity (Wildman–Crippen MR) is 62.6 cm³/mol. The van der Waals surface area contributed by atoms with Crippen molar-refractivity contribution >= 4 is 11.3 Å². The van der Waals surface area contributed by atoms with Gasteiger partial charge in [-0.2, -0.15) is 0 Å². The second kappa shape index (κ2) is 5.40. The summed E-state index contributed by atoms with van der Waals surface area (Å²) in [5.74, 6) is 0. The van der Waals surface area contributed by atoms with E-state index in [9.17, 15) is 4.21 Å². The Kier molecular flexibility index (Phi) is 3.89. The molecule has 1 aromatic heterocycles. The zero-order valence-electron chi connectivity index (χ0n) is 8.87. The summed E-state index contributed by atoms with van der Waals surface area (Å²) in [5.41, 5.74) is 1.25. The van der Waals surface area contributed by atoms with Crippen molar-refractivity contribution in [2.45, 2.75) is 13.0 Å². The minimum absolute atomic E-state index is 0.685. The fourth-order valence-corrected chi connectivity index (χ4v) is 2.20. The van der Waals surface area contributed by atoms with Gasteiger partial charge >= 0.3 is 0 Å². The first kappa shape index (κ1) is 11.5. The first-order valence-corrected chi connectivity index (χ1v) is 6.25. The first-order valence-electron chi connectivity index (χ1n) is 5.15. The van der Waals surface area contributed by atoms with Gasteiger partial charge in [-0.15, -0.1) is 4.83 Å². The normalized spacial score (nSPS) is 19.4. The summed E-state index contributed by atoms with van der Waals surface area (Å²) in [5, 5.41) is 1.77. The molecule has 2 N–H and O–H groups in total. The molecule has 1 unspecified atom stereocenters. The quantitative estimate of drug-likeness (QED) is 0.604. The van der Waals surface area contributed by atoms with Gasteiger partial charge in [-0.3, -0.25) is 4.55 Å². The Labute approximate surface area is 97.1 Å². The van der Waals surface area contributed by atoms with Crippen molar-refractivity contribution in [1.29, 1.82) is 0 Å². The highest BCUT2D eigenvalue weighted by molar-refractivity contribution is 7.77. The molecule has 5 nitrogen and oxygen atoms in total. The van der Waals surface area contributed by atoms with Gasteiger partial charge in [-0.05, 0) is 24.1 Å². The smallest absolute Gasteiger partial charge is 0.246 e. The van der Waals surface area contributed by atoms with Crippen LogP contribution in [0.4, 0.5) is 0 Å². The highest BCUT2D eigenvalue weighted by Gasteiger charge is 2.13. The average Bonchev–Trinajstić information content (AvgIpc) is 2.70. The standard InChI is InChI=1S/C10H15N3O2S/c14-16(15)11-13-7-3-4-10(9-13)8-12-5-1-2-6-12/h1-2,4-6,11H,3,7-9H2,(H,14,15). The highest BCUT2D eigenvalue weighted by Crippen LogP contribution is 2.10. The number of aromatic nitrogens is 1. The largest absolute Gasteiger partial charge is 0.350 e. The van der Waals surface area contributed by atoms with E-state index in [4.69, 9.17) is 4.55 Å². The molecule has 0 radical (unpaired) electrons. The van der Waals surface area contributed by atoms with E-state index in [0.717, 1.165) is 19.5 Å². The van der Waals surface area contributed by atoms with Crippen LogP contribution < -0.4 is 4.83 Å². The molecule has 0 bridgehead atoms. The van der Waals surface area contributed by atoms with Crippen LogP contribution in [0.5, 0.6) is 0 Å². The molecule has 0 aliphatic carbocycles. The van der Waals surface area contributed by atoms with Crippen molar-refractivity contribution in [3.63, 3.8) is 0 Å². The summed E-state index contributed by atoms with van der Waals surface area (Å²) < 4.78 is 21.5. The molecule has 0 spiro atoms. The Morgan fingerprint density at radius 3 is 2.88 bits per heavy atom. The van der Waals surface area contributed by atoms with Gasteiger partial charge in [0, 0.05) is 32.0 Å². The lowest BCUT2D eigenvalue weighted by molar-refractivity contribution is 0.249. The molecule has 2 heterocycles. The van der Waals surface area contributed by atoms with Crippen LogP contribution in [0.1, 0.15) is 6.42 Å². The number of nitrogens with zero attached hydrogens (tertiary/aromatic N) is 2. The SMILES string of the molecule is O=S(O)NN1CCC=C(Cn2cccc2)C1. The summed E-state index contributed by atoms with van der Waals surface area (Å²) in [6.07, 6.45) is 7.12. The molecule has 1 aromatic rings. The zero-order chi connectivity index (χ0) is 11.4. The lowest BCUT2D eigenvalue weighted by Gasteiger charge is -2.26. The van der Waals surface area contributed by atoms with Crippen LogP contribution in [0.3, 0.4) is 0 Å². The Morgan fingerprint density at radius 1 is 1.44 bits per heavy atom. The van der Waals surface area contributed by atoms with E-state index in [-0.39, 0.29) is 0 Å². The molecule has 0 fully saturated rings. The second-order valence-electron chi connectivity index (χ2n) is 3.77. The Hall–Kier alpha value is -0.950. The topological polar surface area (TPSA) is 57.5 Å². The fraction of sp³-hybridized carbons (Fsp3) is 0.400. The molecule has 88 valence electrons. The van der Waals surface area contributed by atoms with Gasteiger partial charge in [0.05, 0.1) is 0 Å². The Bertz CT molecular complexity index is 389. The number of hydrogen-bond acceptors (Lipinski definition) is 2. The van der Waals surface area contributed by atoms with E-state index in [2.05, 4.69) is 15.5 Å². The van der Waals surface area contributed by atoms with Crippen molar-refractivity contribution in [2.75, 3.05) is 13.1 Å². The van der Waals surface area contributed by atoms with Crippen LogP contribution in [0.2, 0.25) is 0 Å². The molecule has 0 saturated carbocycles. The third-order valence-electron chi connectivity index (χ3n) is 2.49. The summed E-state index contributed by atoms with van der Waals surface area (Å²) >= 11 is -1.97. The van der Waals surface area contributed by atoms with Crippen molar-refractivity contribution in [2.24, 2.45) is 0 Å². The highest BCUT2D eigenvalue weighted by atomic mass is 32.2. The predicted octanol–water partition coefficient (Wildman–Crippen LogP) is 0.761. The maximum atomic E-state index is 10.6. The van der Waals surface area contributed by atoms with E-state index in [1.54, 1.807) is 5.01 Å². The summed E-state index contributed by atoms with van der Waals surface area (Å²) in [6.45, 7) is 2.29. The average molecular weight is 241 g/mol. The maximum absolute atomic E-state index is 10.6. The van der Waals surface area contributed by atoms with Crippen molar-refractivity contribution in [3.05, 3.63) is 36.2 Å².